The van der Waals surface area contributed by atoms with Crippen LogP contribution in [0.2, 0.25) is 0 Å². The largest absolute Gasteiger partial charge is 0.459 e. The second-order valence-corrected chi connectivity index (χ2v) is 7.20. The summed E-state index contributed by atoms with van der Waals surface area (Å²) in [6.45, 7) is 7.51. The molecule has 1 aliphatic heterocycles. The van der Waals surface area contributed by atoms with Crippen molar-refractivity contribution in [3.63, 3.8) is 0 Å². The lowest BCUT2D eigenvalue weighted by molar-refractivity contribution is -0.160. The van der Waals surface area contributed by atoms with Crippen molar-refractivity contribution in [1.82, 2.24) is 4.90 Å². The molecule has 1 fully saturated rings. The van der Waals surface area contributed by atoms with E-state index in [0.717, 1.165) is 30.4 Å². The first kappa shape index (κ1) is 15.5. The Kier molecular flexibility index (Phi) is 4.86. The van der Waals surface area contributed by atoms with Crippen LogP contribution in [-0.2, 0) is 16.1 Å². The molecule has 0 aromatic heterocycles. The summed E-state index contributed by atoms with van der Waals surface area (Å²) in [7, 11) is 0. The first-order valence-electron chi connectivity index (χ1n) is 7.06. The molecule has 1 aromatic carbocycles. The van der Waals surface area contributed by atoms with Gasteiger partial charge in [0.2, 0.25) is 0 Å². The van der Waals surface area contributed by atoms with Crippen LogP contribution in [0.5, 0.6) is 0 Å². The molecule has 1 aromatic rings. The van der Waals surface area contributed by atoms with Crippen LogP contribution in [0.1, 0.15) is 39.2 Å². The molecule has 0 aliphatic carbocycles. The normalized spacial score (nSPS) is 20.1. The van der Waals surface area contributed by atoms with Gasteiger partial charge in [0.25, 0.3) is 0 Å². The van der Waals surface area contributed by atoms with Crippen molar-refractivity contribution in [2.24, 2.45) is 0 Å². The first-order chi connectivity index (χ1) is 9.35. The van der Waals surface area contributed by atoms with Crippen LogP contribution < -0.4 is 0 Å². The SMILES string of the molecule is CC(C)(C)OC(=O)[C@@H]1CCCN1Cc1ccc(Br)cc1. The molecule has 4 heteroatoms. The van der Waals surface area contributed by atoms with Crippen LogP contribution in [0.15, 0.2) is 28.7 Å². The zero-order valence-corrected chi connectivity index (χ0v) is 13.9. The molecule has 1 saturated heterocycles. The summed E-state index contributed by atoms with van der Waals surface area (Å²) in [5, 5.41) is 0. The number of benzene rings is 1. The number of ether oxygens (including phenoxy) is 1. The molecular formula is C16H22BrNO2. The summed E-state index contributed by atoms with van der Waals surface area (Å²) in [5.41, 5.74) is 0.812. The molecule has 3 nitrogen and oxygen atoms in total. The van der Waals surface area contributed by atoms with E-state index in [1.54, 1.807) is 0 Å². The quantitative estimate of drug-likeness (QED) is 0.785. The number of rotatable bonds is 3. The molecule has 0 bridgehead atoms. The van der Waals surface area contributed by atoms with Gasteiger partial charge in [0.05, 0.1) is 0 Å². The van der Waals surface area contributed by atoms with Crippen LogP contribution in [-0.4, -0.2) is 29.1 Å². The highest BCUT2D eigenvalue weighted by Crippen LogP contribution is 2.23. The summed E-state index contributed by atoms with van der Waals surface area (Å²) in [5.74, 6) is -0.0906. The van der Waals surface area contributed by atoms with Crippen molar-refractivity contribution in [2.45, 2.75) is 51.8 Å². The predicted molar refractivity (Wildman–Crippen MR) is 83.4 cm³/mol. The van der Waals surface area contributed by atoms with E-state index in [2.05, 4.69) is 33.0 Å². The van der Waals surface area contributed by atoms with E-state index in [1.165, 1.54) is 5.56 Å². The number of carbonyl (C=O) groups is 1. The van der Waals surface area contributed by atoms with Gasteiger partial charge >= 0.3 is 5.97 Å². The molecule has 2 rings (SSSR count). The molecule has 1 heterocycles. The zero-order chi connectivity index (χ0) is 14.8. The Bertz CT molecular complexity index is 464. The number of likely N-dealkylation sites (tertiary alicyclic amines) is 1. The maximum absolute atomic E-state index is 12.2. The summed E-state index contributed by atoms with van der Waals surface area (Å²) in [6, 6.07) is 8.16. The topological polar surface area (TPSA) is 29.5 Å². The highest BCUT2D eigenvalue weighted by Gasteiger charge is 2.33. The van der Waals surface area contributed by atoms with Gasteiger partial charge in [-0.3, -0.25) is 9.69 Å². The van der Waals surface area contributed by atoms with E-state index in [4.69, 9.17) is 4.74 Å². The van der Waals surface area contributed by atoms with Crippen molar-refractivity contribution >= 4 is 21.9 Å². The third-order valence-electron chi connectivity index (χ3n) is 3.34. The number of esters is 1. The van der Waals surface area contributed by atoms with E-state index in [9.17, 15) is 4.79 Å². The molecule has 20 heavy (non-hydrogen) atoms. The van der Waals surface area contributed by atoms with Crippen LogP contribution in [0, 0.1) is 0 Å². The third-order valence-corrected chi connectivity index (χ3v) is 3.87. The number of hydrogen-bond acceptors (Lipinski definition) is 3. The van der Waals surface area contributed by atoms with Crippen molar-refractivity contribution in [1.29, 1.82) is 0 Å². The number of nitrogens with zero attached hydrogens (tertiary/aromatic N) is 1. The molecule has 0 unspecified atom stereocenters. The highest BCUT2D eigenvalue weighted by molar-refractivity contribution is 9.10. The Morgan fingerprint density at radius 3 is 2.60 bits per heavy atom. The average Bonchev–Trinajstić information content (AvgIpc) is 2.78. The molecule has 0 radical (unpaired) electrons. The Hall–Kier alpha value is -0.870. The maximum Gasteiger partial charge on any atom is 0.323 e. The Balaban J connectivity index is 2.00. The number of carbonyl (C=O) groups excluding carboxylic acids is 1. The van der Waals surface area contributed by atoms with Crippen LogP contribution in [0.3, 0.4) is 0 Å². The Morgan fingerprint density at radius 1 is 1.35 bits per heavy atom. The summed E-state index contributed by atoms with van der Waals surface area (Å²) in [6.07, 6.45) is 1.95. The van der Waals surface area contributed by atoms with Gasteiger partial charge < -0.3 is 4.74 Å². The fourth-order valence-corrected chi connectivity index (χ4v) is 2.74. The monoisotopic (exact) mass is 339 g/mol. The summed E-state index contributed by atoms with van der Waals surface area (Å²) < 4.78 is 6.60. The van der Waals surface area contributed by atoms with Gasteiger partial charge in [-0.1, -0.05) is 28.1 Å². The molecule has 0 amide bonds. The second kappa shape index (κ2) is 6.27. The maximum atomic E-state index is 12.2. The lowest BCUT2D eigenvalue weighted by Crippen LogP contribution is -2.40. The number of hydrogen-bond donors (Lipinski definition) is 0. The lowest BCUT2D eigenvalue weighted by atomic mass is 10.1. The van der Waals surface area contributed by atoms with Gasteiger partial charge in [-0.2, -0.15) is 0 Å². The van der Waals surface area contributed by atoms with Crippen molar-refractivity contribution in [3.05, 3.63) is 34.3 Å². The van der Waals surface area contributed by atoms with Gasteiger partial charge in [0.15, 0.2) is 0 Å². The molecule has 1 aliphatic rings. The van der Waals surface area contributed by atoms with Gasteiger partial charge in [0, 0.05) is 11.0 Å². The Labute approximate surface area is 129 Å². The molecular weight excluding hydrogens is 318 g/mol. The lowest BCUT2D eigenvalue weighted by Gasteiger charge is -2.27. The molecule has 110 valence electrons. The van der Waals surface area contributed by atoms with Crippen LogP contribution in [0.25, 0.3) is 0 Å². The second-order valence-electron chi connectivity index (χ2n) is 6.29. The third kappa shape index (κ3) is 4.32. The highest BCUT2D eigenvalue weighted by atomic mass is 79.9. The van der Waals surface area contributed by atoms with Gasteiger partial charge in [-0.25, -0.2) is 0 Å². The van der Waals surface area contributed by atoms with Gasteiger partial charge in [-0.15, -0.1) is 0 Å². The van der Waals surface area contributed by atoms with Crippen LogP contribution in [0.4, 0.5) is 0 Å². The zero-order valence-electron chi connectivity index (χ0n) is 12.4. The van der Waals surface area contributed by atoms with Crippen molar-refractivity contribution < 1.29 is 9.53 Å². The minimum atomic E-state index is -0.414. The van der Waals surface area contributed by atoms with Crippen molar-refractivity contribution in [3.8, 4) is 0 Å². The van der Waals surface area contributed by atoms with Gasteiger partial charge in [0.1, 0.15) is 11.6 Å². The Morgan fingerprint density at radius 2 is 2.00 bits per heavy atom. The fraction of sp³-hybridized carbons (Fsp3) is 0.562. The van der Waals surface area contributed by atoms with E-state index in [0.29, 0.717) is 0 Å². The average molecular weight is 340 g/mol. The van der Waals surface area contributed by atoms with E-state index in [1.807, 2.05) is 32.9 Å². The van der Waals surface area contributed by atoms with E-state index < -0.39 is 5.60 Å². The van der Waals surface area contributed by atoms with Crippen molar-refractivity contribution in [2.75, 3.05) is 6.54 Å². The van der Waals surface area contributed by atoms with E-state index in [-0.39, 0.29) is 12.0 Å². The summed E-state index contributed by atoms with van der Waals surface area (Å²) >= 11 is 3.44. The standard InChI is InChI=1S/C16H22BrNO2/c1-16(2,3)20-15(19)14-5-4-10-18(14)11-12-6-8-13(17)9-7-12/h6-9,14H,4-5,10-11H2,1-3H3/t14-/m0/s1. The summed E-state index contributed by atoms with van der Waals surface area (Å²) in [4.78, 5) is 14.5. The number of halogens is 1. The minimum Gasteiger partial charge on any atom is -0.459 e. The fourth-order valence-electron chi connectivity index (χ4n) is 2.48. The predicted octanol–water partition coefficient (Wildman–Crippen LogP) is 3.76. The molecule has 1 atom stereocenters. The van der Waals surface area contributed by atoms with Crippen LogP contribution >= 0.6 is 15.9 Å². The van der Waals surface area contributed by atoms with E-state index >= 15 is 0 Å². The minimum absolute atomic E-state index is 0.0906. The smallest absolute Gasteiger partial charge is 0.323 e. The van der Waals surface area contributed by atoms with Gasteiger partial charge in [-0.05, 0) is 57.9 Å². The molecule has 0 N–H and O–H groups in total. The molecule has 0 saturated carbocycles. The first-order valence-corrected chi connectivity index (χ1v) is 7.86. The molecule has 0 spiro atoms.